The maximum atomic E-state index is 10.6. The summed E-state index contributed by atoms with van der Waals surface area (Å²) in [6.45, 7) is 8.28. The Morgan fingerprint density at radius 2 is 1.68 bits per heavy atom. The van der Waals surface area contributed by atoms with Crippen molar-refractivity contribution in [3.8, 4) is 0 Å². The first-order valence-electron chi connectivity index (χ1n) is 7.37. The summed E-state index contributed by atoms with van der Waals surface area (Å²) in [5.74, 6) is -1.54. The Morgan fingerprint density at radius 3 is 2.00 bits per heavy atom. The summed E-state index contributed by atoms with van der Waals surface area (Å²) < 4.78 is 4.95. The number of thiol groups is 1. The van der Waals surface area contributed by atoms with Gasteiger partial charge in [0, 0.05) is 16.1 Å². The van der Waals surface area contributed by atoms with E-state index in [9.17, 15) is 9.59 Å². The number of aliphatic carboxylic acids is 2. The highest BCUT2D eigenvalue weighted by molar-refractivity contribution is 8.01. The van der Waals surface area contributed by atoms with Crippen molar-refractivity contribution in [2.24, 2.45) is 0 Å². The van der Waals surface area contributed by atoms with Crippen molar-refractivity contribution >= 4 is 36.3 Å². The fourth-order valence-corrected chi connectivity index (χ4v) is 3.44. The molecule has 0 spiro atoms. The minimum Gasteiger partial charge on any atom is -0.481 e. The summed E-state index contributed by atoms with van der Waals surface area (Å²) in [4.78, 5) is 20.6. The highest BCUT2D eigenvalue weighted by Crippen LogP contribution is 2.36. The number of hydrogen-bond acceptors (Lipinski definition) is 5. The number of rotatable bonds is 6. The zero-order valence-electron chi connectivity index (χ0n) is 13.8. The molecule has 1 fully saturated rings. The Morgan fingerprint density at radius 1 is 1.14 bits per heavy atom. The number of thioether (sulfide) groups is 1. The number of hydrogen-bond donors (Lipinski definition) is 3. The van der Waals surface area contributed by atoms with E-state index < -0.39 is 11.9 Å². The molecule has 1 rings (SSSR count). The van der Waals surface area contributed by atoms with Crippen LogP contribution in [0.5, 0.6) is 0 Å². The molecular formula is C15H28O5S2. The molecule has 0 aliphatic carbocycles. The lowest BCUT2D eigenvalue weighted by Gasteiger charge is -2.30. The predicted molar refractivity (Wildman–Crippen MR) is 92.8 cm³/mol. The minimum absolute atomic E-state index is 0.107. The molecule has 1 atom stereocenters. The lowest BCUT2D eigenvalue weighted by Crippen LogP contribution is -2.26. The van der Waals surface area contributed by atoms with Crippen molar-refractivity contribution < 1.29 is 24.5 Å². The summed E-state index contributed by atoms with van der Waals surface area (Å²) in [7, 11) is 0. The highest BCUT2D eigenvalue weighted by atomic mass is 32.2. The topological polar surface area (TPSA) is 83.8 Å². The molecule has 1 saturated heterocycles. The molecule has 2 N–H and O–H groups in total. The van der Waals surface area contributed by atoms with Gasteiger partial charge in [-0.3, -0.25) is 9.59 Å². The third-order valence-corrected chi connectivity index (χ3v) is 4.32. The molecule has 0 radical (unpaired) electrons. The molecule has 1 aliphatic heterocycles. The van der Waals surface area contributed by atoms with Crippen LogP contribution >= 0.6 is 24.4 Å². The van der Waals surface area contributed by atoms with Crippen LogP contribution < -0.4 is 0 Å². The summed E-state index contributed by atoms with van der Waals surface area (Å²) in [5.41, 5.74) is 0.193. The van der Waals surface area contributed by atoms with Gasteiger partial charge in [0.15, 0.2) is 0 Å². The van der Waals surface area contributed by atoms with Crippen LogP contribution in [0.3, 0.4) is 0 Å². The first-order valence-corrected chi connectivity index (χ1v) is 8.69. The van der Waals surface area contributed by atoms with Crippen LogP contribution in [0.2, 0.25) is 0 Å². The van der Waals surface area contributed by atoms with Gasteiger partial charge >= 0.3 is 11.9 Å². The SMILES string of the molecule is CC(C)(CC(=O)O)SC1CCCCO1.CC(C)(S)CC(=O)O. The van der Waals surface area contributed by atoms with Crippen LogP contribution in [0.25, 0.3) is 0 Å². The first-order chi connectivity index (χ1) is 9.91. The van der Waals surface area contributed by atoms with Crippen molar-refractivity contribution in [3.05, 3.63) is 0 Å². The molecule has 0 saturated carbocycles. The molecule has 1 aliphatic rings. The molecule has 0 aromatic rings. The van der Waals surface area contributed by atoms with Crippen molar-refractivity contribution in [2.75, 3.05) is 6.61 Å². The third-order valence-electron chi connectivity index (χ3n) is 2.75. The highest BCUT2D eigenvalue weighted by Gasteiger charge is 2.28. The van der Waals surface area contributed by atoms with E-state index >= 15 is 0 Å². The molecular weight excluding hydrogens is 324 g/mol. The van der Waals surface area contributed by atoms with Gasteiger partial charge in [-0.25, -0.2) is 0 Å². The van der Waals surface area contributed by atoms with Crippen molar-refractivity contribution in [3.63, 3.8) is 0 Å². The molecule has 7 heteroatoms. The molecule has 5 nitrogen and oxygen atoms in total. The second kappa shape index (κ2) is 9.67. The van der Waals surface area contributed by atoms with E-state index in [1.807, 2.05) is 13.8 Å². The third kappa shape index (κ3) is 13.3. The minimum atomic E-state index is -0.801. The van der Waals surface area contributed by atoms with Crippen LogP contribution in [-0.2, 0) is 14.3 Å². The summed E-state index contributed by atoms with van der Waals surface area (Å²) in [6.07, 6.45) is 3.68. The molecule has 0 aromatic carbocycles. The number of carboxylic acid groups (broad SMARTS) is 2. The first kappa shape index (κ1) is 21.6. The average Bonchev–Trinajstić information content (AvgIpc) is 2.24. The van der Waals surface area contributed by atoms with Crippen LogP contribution in [0.15, 0.2) is 0 Å². The Bertz CT molecular complexity index is 357. The number of carboxylic acids is 2. The van der Waals surface area contributed by atoms with Crippen LogP contribution in [0, 0.1) is 0 Å². The molecule has 130 valence electrons. The Kier molecular flexibility index (Phi) is 9.50. The summed E-state index contributed by atoms with van der Waals surface area (Å²) in [5, 5.41) is 16.9. The standard InChI is InChI=1S/C10H18O3S.C5H10O2S/c1-10(2,7-8(11)12)14-9-5-3-4-6-13-9;1-5(2,8)3-4(6)7/h9H,3-7H2,1-2H3,(H,11,12);8H,3H2,1-2H3,(H,6,7). The van der Waals surface area contributed by atoms with Crippen LogP contribution in [-0.4, -0.2) is 43.7 Å². The molecule has 0 aromatic heterocycles. The summed E-state index contributed by atoms with van der Waals surface area (Å²) in [6, 6.07) is 0. The van der Waals surface area contributed by atoms with Gasteiger partial charge in [-0.2, -0.15) is 12.6 Å². The Hall–Kier alpha value is -0.400. The molecule has 22 heavy (non-hydrogen) atoms. The van der Waals surface area contributed by atoms with Gasteiger partial charge in [0.2, 0.25) is 0 Å². The molecule has 1 unspecified atom stereocenters. The lowest BCUT2D eigenvalue weighted by atomic mass is 10.1. The normalized spacial score (nSPS) is 19.0. The molecule has 0 amide bonds. The van der Waals surface area contributed by atoms with Gasteiger partial charge in [0.05, 0.1) is 12.8 Å². The summed E-state index contributed by atoms with van der Waals surface area (Å²) >= 11 is 5.66. The van der Waals surface area contributed by atoms with Gasteiger partial charge < -0.3 is 14.9 Å². The second-order valence-corrected chi connectivity index (χ2v) is 9.70. The lowest BCUT2D eigenvalue weighted by molar-refractivity contribution is -0.138. The Balaban J connectivity index is 0.000000472. The smallest absolute Gasteiger partial charge is 0.304 e. The Labute approximate surface area is 142 Å². The van der Waals surface area contributed by atoms with E-state index in [0.29, 0.717) is 0 Å². The predicted octanol–water partition coefficient (Wildman–Crippen LogP) is 3.67. The van der Waals surface area contributed by atoms with Gasteiger partial charge in [-0.15, -0.1) is 11.8 Å². The fourth-order valence-electron chi connectivity index (χ4n) is 1.94. The van der Waals surface area contributed by atoms with Crippen molar-refractivity contribution in [2.45, 2.75) is 74.7 Å². The zero-order valence-corrected chi connectivity index (χ0v) is 15.5. The molecule has 1 heterocycles. The van der Waals surface area contributed by atoms with Gasteiger partial charge in [0.25, 0.3) is 0 Å². The van der Waals surface area contributed by atoms with Gasteiger partial charge in [-0.05, 0) is 19.3 Å². The van der Waals surface area contributed by atoms with E-state index in [-0.39, 0.29) is 27.8 Å². The second-order valence-electron chi connectivity index (χ2n) is 6.63. The largest absolute Gasteiger partial charge is 0.481 e. The fraction of sp³-hybridized carbons (Fsp3) is 0.867. The van der Waals surface area contributed by atoms with Crippen molar-refractivity contribution in [1.29, 1.82) is 0 Å². The average molecular weight is 353 g/mol. The quantitative estimate of drug-likeness (QED) is 0.633. The van der Waals surface area contributed by atoms with E-state index in [1.54, 1.807) is 25.6 Å². The van der Waals surface area contributed by atoms with E-state index in [1.165, 1.54) is 6.42 Å². The van der Waals surface area contributed by atoms with Crippen LogP contribution in [0.1, 0.15) is 59.8 Å². The molecule has 0 bridgehead atoms. The maximum Gasteiger partial charge on any atom is 0.304 e. The van der Waals surface area contributed by atoms with Crippen LogP contribution in [0.4, 0.5) is 0 Å². The van der Waals surface area contributed by atoms with Gasteiger partial charge in [-0.1, -0.05) is 27.7 Å². The number of ether oxygens (including phenoxy) is 1. The maximum absolute atomic E-state index is 10.6. The van der Waals surface area contributed by atoms with Crippen molar-refractivity contribution in [1.82, 2.24) is 0 Å². The number of carbonyl (C=O) groups is 2. The zero-order chi connectivity index (χ0) is 17.4. The van der Waals surface area contributed by atoms with E-state index in [2.05, 4.69) is 12.6 Å². The van der Waals surface area contributed by atoms with E-state index in [4.69, 9.17) is 14.9 Å². The van der Waals surface area contributed by atoms with Gasteiger partial charge in [0.1, 0.15) is 5.44 Å². The monoisotopic (exact) mass is 352 g/mol. The van der Waals surface area contributed by atoms with E-state index in [0.717, 1.165) is 19.4 Å².